The Morgan fingerprint density at radius 1 is 1.03 bits per heavy atom. The van der Waals surface area contributed by atoms with E-state index in [-0.39, 0.29) is 17.0 Å². The third kappa shape index (κ3) is 4.37. The normalized spacial score (nSPS) is 17.0. The van der Waals surface area contributed by atoms with Crippen molar-refractivity contribution in [1.82, 2.24) is 10.3 Å². The molecule has 0 atom stereocenters. The SMILES string of the molecule is CC(C)(C)[Si](OC1CN(c2nc(C(=O)NC3CC3)cs2)C1)(c1ccccc1)c1ccccc1. The van der Waals surface area contributed by atoms with E-state index < -0.39 is 8.32 Å². The monoisotopic (exact) mass is 477 g/mol. The summed E-state index contributed by atoms with van der Waals surface area (Å²) in [6.07, 6.45) is 2.29. The molecule has 0 bridgehead atoms. The fraction of sp³-hybridized carbons (Fsp3) is 0.385. The molecule has 1 N–H and O–H groups in total. The third-order valence-electron chi connectivity index (χ3n) is 6.52. The zero-order valence-corrected chi connectivity index (χ0v) is 21.3. The minimum Gasteiger partial charge on any atom is -0.401 e. The summed E-state index contributed by atoms with van der Waals surface area (Å²) in [5.41, 5.74) is 0.526. The minimum absolute atomic E-state index is 0.0363. The first-order valence-electron chi connectivity index (χ1n) is 11.7. The lowest BCUT2D eigenvalue weighted by Gasteiger charge is -2.49. The van der Waals surface area contributed by atoms with E-state index in [1.165, 1.54) is 21.7 Å². The average Bonchev–Trinajstić information content (AvgIpc) is 3.46. The van der Waals surface area contributed by atoms with Crippen LogP contribution in [0.15, 0.2) is 66.0 Å². The summed E-state index contributed by atoms with van der Waals surface area (Å²) in [5, 5.41) is 8.35. The molecule has 1 aliphatic carbocycles. The van der Waals surface area contributed by atoms with Crippen molar-refractivity contribution >= 4 is 41.1 Å². The summed E-state index contributed by atoms with van der Waals surface area (Å²) in [6.45, 7) is 8.51. The van der Waals surface area contributed by atoms with Gasteiger partial charge in [0.2, 0.25) is 0 Å². The molecule has 172 valence electrons. The number of aromatic nitrogens is 1. The molecule has 1 amide bonds. The lowest BCUT2D eigenvalue weighted by molar-refractivity contribution is 0.0946. The lowest BCUT2D eigenvalue weighted by atomic mass is 10.2. The summed E-state index contributed by atoms with van der Waals surface area (Å²) >= 11 is 1.54. The van der Waals surface area contributed by atoms with Gasteiger partial charge < -0.3 is 14.6 Å². The number of rotatable bonds is 7. The molecule has 5 rings (SSSR count). The first-order valence-corrected chi connectivity index (χ1v) is 14.5. The van der Waals surface area contributed by atoms with E-state index >= 15 is 0 Å². The number of carbonyl (C=O) groups excluding carboxylic acids is 1. The lowest BCUT2D eigenvalue weighted by Crippen LogP contribution is -2.70. The van der Waals surface area contributed by atoms with Crippen LogP contribution in [-0.2, 0) is 4.43 Å². The van der Waals surface area contributed by atoms with E-state index in [4.69, 9.17) is 4.43 Å². The van der Waals surface area contributed by atoms with Crippen LogP contribution in [0.25, 0.3) is 0 Å². The third-order valence-corrected chi connectivity index (χ3v) is 12.5. The maximum Gasteiger partial charge on any atom is 0.271 e. The van der Waals surface area contributed by atoms with Crippen molar-refractivity contribution < 1.29 is 9.22 Å². The number of nitrogens with one attached hydrogen (secondary N) is 1. The highest BCUT2D eigenvalue weighted by Crippen LogP contribution is 2.39. The van der Waals surface area contributed by atoms with E-state index in [0.29, 0.717) is 11.7 Å². The number of nitrogens with zero attached hydrogens (tertiary/aromatic N) is 2. The molecule has 1 aromatic heterocycles. The highest BCUT2D eigenvalue weighted by atomic mass is 32.1. The molecule has 1 saturated heterocycles. The molecule has 2 aliphatic rings. The van der Waals surface area contributed by atoms with Crippen molar-refractivity contribution in [2.75, 3.05) is 18.0 Å². The largest absolute Gasteiger partial charge is 0.401 e. The predicted octanol–water partition coefficient (Wildman–Crippen LogP) is 3.80. The van der Waals surface area contributed by atoms with Gasteiger partial charge in [-0.2, -0.15) is 0 Å². The van der Waals surface area contributed by atoms with Gasteiger partial charge in [0.05, 0.1) is 6.10 Å². The second-order valence-electron chi connectivity index (χ2n) is 10.1. The van der Waals surface area contributed by atoms with Crippen LogP contribution >= 0.6 is 11.3 Å². The van der Waals surface area contributed by atoms with E-state index in [9.17, 15) is 4.79 Å². The molecule has 0 unspecified atom stereocenters. The van der Waals surface area contributed by atoms with E-state index in [1.807, 2.05) is 5.38 Å². The molecule has 5 nitrogen and oxygen atoms in total. The molecule has 0 spiro atoms. The topological polar surface area (TPSA) is 54.5 Å². The smallest absolute Gasteiger partial charge is 0.271 e. The number of hydrogen-bond donors (Lipinski definition) is 1. The summed E-state index contributed by atoms with van der Waals surface area (Å²) < 4.78 is 7.17. The molecule has 2 aromatic carbocycles. The number of carbonyl (C=O) groups is 1. The second kappa shape index (κ2) is 8.70. The maximum absolute atomic E-state index is 12.3. The van der Waals surface area contributed by atoms with E-state index in [1.54, 1.807) is 0 Å². The van der Waals surface area contributed by atoms with Crippen molar-refractivity contribution in [3.63, 3.8) is 0 Å². The molecular formula is C26H31N3O2SSi. The van der Waals surface area contributed by atoms with Crippen LogP contribution < -0.4 is 20.6 Å². The predicted molar refractivity (Wildman–Crippen MR) is 137 cm³/mol. The standard InChI is InChI=1S/C26H31N3O2SSi/c1-26(2,3)33(21-10-6-4-7-11-21,22-12-8-5-9-13-22)31-20-16-29(17-20)25-28-23(18-32-25)24(30)27-19-14-15-19/h4-13,18-20H,14-17H2,1-3H3,(H,27,30). The number of hydrogen-bond acceptors (Lipinski definition) is 5. The Hall–Kier alpha value is -2.48. The molecular weight excluding hydrogens is 446 g/mol. The highest BCUT2D eigenvalue weighted by Gasteiger charge is 2.52. The van der Waals surface area contributed by atoms with Crippen molar-refractivity contribution in [2.24, 2.45) is 0 Å². The van der Waals surface area contributed by atoms with Crippen LogP contribution in [-0.4, -0.2) is 44.4 Å². The van der Waals surface area contributed by atoms with Crippen molar-refractivity contribution in [3.8, 4) is 0 Å². The maximum atomic E-state index is 12.3. The highest BCUT2D eigenvalue weighted by molar-refractivity contribution is 7.14. The van der Waals surface area contributed by atoms with Crippen LogP contribution in [0.5, 0.6) is 0 Å². The van der Waals surface area contributed by atoms with E-state index in [0.717, 1.165) is 31.1 Å². The first kappa shape index (κ1) is 22.3. The molecule has 1 aliphatic heterocycles. The Morgan fingerprint density at radius 3 is 2.12 bits per heavy atom. The van der Waals surface area contributed by atoms with Crippen LogP contribution in [0.1, 0.15) is 44.1 Å². The van der Waals surface area contributed by atoms with Gasteiger partial charge in [0.1, 0.15) is 5.69 Å². The summed E-state index contributed by atoms with van der Waals surface area (Å²) in [7, 11) is -2.54. The van der Waals surface area contributed by atoms with Gasteiger partial charge in [-0.3, -0.25) is 4.79 Å². The molecule has 33 heavy (non-hydrogen) atoms. The van der Waals surface area contributed by atoms with Gasteiger partial charge in [-0.15, -0.1) is 11.3 Å². The summed E-state index contributed by atoms with van der Waals surface area (Å²) in [6, 6.07) is 21.9. The Kier molecular flexibility index (Phi) is 5.89. The summed E-state index contributed by atoms with van der Waals surface area (Å²) in [4.78, 5) is 19.1. The molecule has 0 radical (unpaired) electrons. The summed E-state index contributed by atoms with van der Waals surface area (Å²) in [5.74, 6) is -0.0550. The molecule has 2 fully saturated rings. The Balaban J connectivity index is 1.36. The first-order chi connectivity index (χ1) is 15.9. The molecule has 7 heteroatoms. The Morgan fingerprint density at radius 2 is 1.61 bits per heavy atom. The number of amides is 1. The fourth-order valence-electron chi connectivity index (χ4n) is 4.61. The fourth-order valence-corrected chi connectivity index (χ4v) is 10.1. The number of anilines is 1. The second-order valence-corrected chi connectivity index (χ2v) is 15.2. The average molecular weight is 478 g/mol. The Bertz CT molecular complexity index is 1060. The zero-order chi connectivity index (χ0) is 23.1. The Labute approximate surface area is 200 Å². The van der Waals surface area contributed by atoms with Gasteiger partial charge in [0, 0.05) is 24.5 Å². The van der Waals surface area contributed by atoms with Gasteiger partial charge in [-0.05, 0) is 28.3 Å². The van der Waals surface area contributed by atoms with Crippen molar-refractivity contribution in [2.45, 2.75) is 50.8 Å². The van der Waals surface area contributed by atoms with Crippen LogP contribution in [0.3, 0.4) is 0 Å². The van der Waals surface area contributed by atoms with Crippen LogP contribution in [0, 0.1) is 0 Å². The van der Waals surface area contributed by atoms with Crippen LogP contribution in [0.4, 0.5) is 5.13 Å². The van der Waals surface area contributed by atoms with Gasteiger partial charge in [-0.25, -0.2) is 4.98 Å². The van der Waals surface area contributed by atoms with Gasteiger partial charge >= 0.3 is 0 Å². The van der Waals surface area contributed by atoms with Crippen molar-refractivity contribution in [3.05, 3.63) is 71.7 Å². The quantitative estimate of drug-likeness (QED) is 0.526. The number of benzene rings is 2. The van der Waals surface area contributed by atoms with Crippen LogP contribution in [0.2, 0.25) is 5.04 Å². The van der Waals surface area contributed by atoms with Gasteiger partial charge in [-0.1, -0.05) is 81.4 Å². The van der Waals surface area contributed by atoms with Gasteiger partial charge in [0.25, 0.3) is 14.2 Å². The molecule has 2 heterocycles. The van der Waals surface area contributed by atoms with Gasteiger partial charge in [0.15, 0.2) is 5.13 Å². The van der Waals surface area contributed by atoms with E-state index in [2.05, 4.69) is 96.6 Å². The van der Waals surface area contributed by atoms with Crippen molar-refractivity contribution in [1.29, 1.82) is 0 Å². The zero-order valence-electron chi connectivity index (χ0n) is 19.5. The molecule has 3 aromatic rings. The minimum atomic E-state index is -2.54. The molecule has 1 saturated carbocycles. The number of thiazole rings is 1.